The molecular weight excluding hydrogens is 619 g/mol. The van der Waals surface area contributed by atoms with Crippen molar-refractivity contribution in [2.24, 2.45) is 16.5 Å². The monoisotopic (exact) mass is 647 g/mol. The summed E-state index contributed by atoms with van der Waals surface area (Å²) in [7, 11) is 2.97. The highest BCUT2D eigenvalue weighted by molar-refractivity contribution is 9.10. The van der Waals surface area contributed by atoms with Crippen LogP contribution in [0.4, 0.5) is 18.9 Å². The van der Waals surface area contributed by atoms with Gasteiger partial charge in [0.15, 0.2) is 17.5 Å². The molecule has 0 fully saturated rings. The summed E-state index contributed by atoms with van der Waals surface area (Å²) in [5, 5.41) is 5.29. The zero-order valence-corrected chi connectivity index (χ0v) is 23.8. The summed E-state index contributed by atoms with van der Waals surface area (Å²) >= 11 is 3.41. The van der Waals surface area contributed by atoms with Gasteiger partial charge in [-0.05, 0) is 58.7 Å². The molecular formula is C25H29BrF3N5O7. The first kappa shape index (κ1) is 34.7. The van der Waals surface area contributed by atoms with Crippen LogP contribution < -0.4 is 31.6 Å². The molecule has 224 valence electrons. The molecule has 1 atom stereocenters. The highest BCUT2D eigenvalue weighted by Gasteiger charge is 2.25. The van der Waals surface area contributed by atoms with Crippen LogP contribution in [0.25, 0.3) is 0 Å². The maximum Gasteiger partial charge on any atom is 0.446 e. The number of methoxy groups -OCH3 is 2. The molecule has 0 aliphatic rings. The van der Waals surface area contributed by atoms with Gasteiger partial charge in [0.2, 0.25) is 12.2 Å². The number of ether oxygens (including phenoxy) is 3. The van der Waals surface area contributed by atoms with Gasteiger partial charge in [-0.25, -0.2) is 4.99 Å². The molecule has 1 unspecified atom stereocenters. The highest BCUT2D eigenvalue weighted by atomic mass is 79.9. The molecule has 0 saturated heterocycles. The van der Waals surface area contributed by atoms with Gasteiger partial charge in [0, 0.05) is 5.56 Å². The number of esters is 1. The Kier molecular flexibility index (Phi) is 14.1. The standard InChI is InChI=1S/C23H28BrN5O6.C2HF3O/c1-4-35-20(31)11-17(14-9-16(24)21(34-3)18(10-14)33-2)29-19(30)12-27-22(32)13-6-5-7-15(8-13)28-23(25)26;3-2(4,5)1-6/h5-10,17H,4,11-12H2,1-3H3,(H,27,32)(H,29,30)(H4,25,26,28);1H. The van der Waals surface area contributed by atoms with Crippen molar-refractivity contribution in [1.29, 1.82) is 0 Å². The molecule has 0 aliphatic heterocycles. The lowest BCUT2D eigenvalue weighted by atomic mass is 10.0. The van der Waals surface area contributed by atoms with Gasteiger partial charge in [0.25, 0.3) is 5.91 Å². The Hall–Kier alpha value is -4.34. The zero-order chi connectivity index (χ0) is 31.2. The third-order valence-electron chi connectivity index (χ3n) is 4.78. The first-order valence-electron chi connectivity index (χ1n) is 11.6. The maximum atomic E-state index is 12.7. The summed E-state index contributed by atoms with van der Waals surface area (Å²) in [5.41, 5.74) is 12.0. The van der Waals surface area contributed by atoms with Gasteiger partial charge >= 0.3 is 12.1 Å². The number of alkyl halides is 3. The lowest BCUT2D eigenvalue weighted by molar-refractivity contribution is -0.156. The quantitative estimate of drug-likeness (QED) is 0.123. The number of carbonyl (C=O) groups is 4. The molecule has 16 heteroatoms. The predicted octanol–water partition coefficient (Wildman–Crippen LogP) is 2.66. The third-order valence-corrected chi connectivity index (χ3v) is 5.37. The second kappa shape index (κ2) is 16.7. The molecule has 0 heterocycles. The lowest BCUT2D eigenvalue weighted by Crippen LogP contribution is -2.39. The van der Waals surface area contributed by atoms with E-state index in [1.54, 1.807) is 37.3 Å². The lowest BCUT2D eigenvalue weighted by Gasteiger charge is -2.21. The number of amides is 2. The molecule has 2 aromatic carbocycles. The molecule has 0 spiro atoms. The Morgan fingerprint density at radius 1 is 1.12 bits per heavy atom. The normalized spacial score (nSPS) is 11.1. The molecule has 41 heavy (non-hydrogen) atoms. The van der Waals surface area contributed by atoms with Crippen molar-refractivity contribution in [3.8, 4) is 11.5 Å². The second-order valence-electron chi connectivity index (χ2n) is 7.80. The Balaban J connectivity index is 0.00000126. The average Bonchev–Trinajstić information content (AvgIpc) is 2.90. The SMILES string of the molecule is CCOC(=O)CC(NC(=O)CNC(=O)c1cccc(N=C(N)N)c1)c1cc(Br)c(OC)c(OC)c1.O=CC(F)(F)F. The van der Waals surface area contributed by atoms with Crippen molar-refractivity contribution < 1.29 is 46.6 Å². The molecule has 0 aliphatic carbocycles. The Morgan fingerprint density at radius 3 is 2.32 bits per heavy atom. The fraction of sp³-hybridized carbons (Fsp3) is 0.320. The van der Waals surface area contributed by atoms with Gasteiger partial charge in [-0.1, -0.05) is 6.07 Å². The van der Waals surface area contributed by atoms with E-state index in [0.717, 1.165) is 0 Å². The number of hydrogen-bond acceptors (Lipinski definition) is 8. The number of benzene rings is 2. The van der Waals surface area contributed by atoms with Crippen molar-refractivity contribution >= 4 is 51.6 Å². The number of aliphatic imine (C=N–C) groups is 1. The van der Waals surface area contributed by atoms with E-state index in [2.05, 4.69) is 31.6 Å². The summed E-state index contributed by atoms with van der Waals surface area (Å²) in [6.45, 7) is 1.55. The van der Waals surface area contributed by atoms with Crippen LogP contribution in [0, 0.1) is 0 Å². The summed E-state index contributed by atoms with van der Waals surface area (Å²) in [6.07, 6.45) is -5.83. The molecule has 2 aromatic rings. The van der Waals surface area contributed by atoms with Gasteiger partial charge in [0.1, 0.15) is 0 Å². The van der Waals surface area contributed by atoms with E-state index >= 15 is 0 Å². The van der Waals surface area contributed by atoms with E-state index in [4.69, 9.17) is 30.5 Å². The fourth-order valence-electron chi connectivity index (χ4n) is 3.15. The van der Waals surface area contributed by atoms with Crippen LogP contribution in [0.2, 0.25) is 0 Å². The van der Waals surface area contributed by atoms with Crippen molar-refractivity contribution in [1.82, 2.24) is 10.6 Å². The predicted molar refractivity (Wildman–Crippen MR) is 146 cm³/mol. The number of nitrogens with zero attached hydrogens (tertiary/aromatic N) is 1. The van der Waals surface area contributed by atoms with Crippen LogP contribution in [0.3, 0.4) is 0 Å². The van der Waals surface area contributed by atoms with Crippen LogP contribution in [0.15, 0.2) is 45.9 Å². The Bertz CT molecular complexity index is 1250. The summed E-state index contributed by atoms with van der Waals surface area (Å²) < 4.78 is 47.6. The fourth-order valence-corrected chi connectivity index (χ4v) is 3.77. The number of aldehydes is 1. The molecule has 0 bridgehead atoms. The number of guanidine groups is 1. The molecule has 12 nitrogen and oxygen atoms in total. The molecule has 0 radical (unpaired) electrons. The van der Waals surface area contributed by atoms with E-state index in [1.807, 2.05) is 0 Å². The largest absolute Gasteiger partial charge is 0.493 e. The van der Waals surface area contributed by atoms with Crippen LogP contribution in [0.1, 0.15) is 35.3 Å². The van der Waals surface area contributed by atoms with Crippen molar-refractivity contribution in [2.75, 3.05) is 27.4 Å². The highest BCUT2D eigenvalue weighted by Crippen LogP contribution is 2.38. The maximum absolute atomic E-state index is 12.7. The van der Waals surface area contributed by atoms with E-state index in [-0.39, 0.29) is 31.1 Å². The van der Waals surface area contributed by atoms with Gasteiger partial charge in [-0.3, -0.25) is 19.2 Å². The molecule has 0 saturated carbocycles. The van der Waals surface area contributed by atoms with E-state index in [1.165, 1.54) is 20.3 Å². The first-order valence-corrected chi connectivity index (χ1v) is 12.4. The molecule has 2 amide bonds. The minimum atomic E-state index is -4.64. The van der Waals surface area contributed by atoms with Gasteiger partial charge in [-0.2, -0.15) is 13.2 Å². The van der Waals surface area contributed by atoms with E-state index < -0.39 is 36.3 Å². The van der Waals surface area contributed by atoms with Crippen LogP contribution in [-0.4, -0.2) is 63.6 Å². The van der Waals surface area contributed by atoms with Gasteiger partial charge in [0.05, 0.1) is 50.0 Å². The topological polar surface area (TPSA) is 184 Å². The number of hydrogen-bond donors (Lipinski definition) is 4. The minimum Gasteiger partial charge on any atom is -0.493 e. The van der Waals surface area contributed by atoms with Gasteiger partial charge in [-0.15, -0.1) is 0 Å². The smallest absolute Gasteiger partial charge is 0.446 e. The van der Waals surface area contributed by atoms with Gasteiger partial charge < -0.3 is 36.3 Å². The molecule has 2 rings (SSSR count). The van der Waals surface area contributed by atoms with E-state index in [9.17, 15) is 27.6 Å². The summed E-state index contributed by atoms with van der Waals surface area (Å²) in [6, 6.07) is 8.90. The number of carbonyl (C=O) groups excluding carboxylic acids is 4. The van der Waals surface area contributed by atoms with Crippen molar-refractivity contribution in [2.45, 2.75) is 25.6 Å². The van der Waals surface area contributed by atoms with Crippen LogP contribution in [0.5, 0.6) is 11.5 Å². The first-order chi connectivity index (χ1) is 19.2. The third kappa shape index (κ3) is 12.6. The number of nitrogens with two attached hydrogens (primary N) is 2. The Labute approximate surface area is 241 Å². The van der Waals surface area contributed by atoms with Crippen molar-refractivity contribution in [3.05, 3.63) is 52.0 Å². The van der Waals surface area contributed by atoms with Crippen LogP contribution >= 0.6 is 15.9 Å². The van der Waals surface area contributed by atoms with E-state index in [0.29, 0.717) is 27.2 Å². The summed E-state index contributed by atoms with van der Waals surface area (Å²) in [4.78, 5) is 50.0. The van der Waals surface area contributed by atoms with Crippen LogP contribution in [-0.2, 0) is 19.1 Å². The van der Waals surface area contributed by atoms with Crippen molar-refractivity contribution in [3.63, 3.8) is 0 Å². The number of halogens is 4. The minimum absolute atomic E-state index is 0.129. The number of rotatable bonds is 11. The molecule has 6 N–H and O–H groups in total. The second-order valence-corrected chi connectivity index (χ2v) is 8.65. The zero-order valence-electron chi connectivity index (χ0n) is 22.2. The number of nitrogens with one attached hydrogen (secondary N) is 2. The Morgan fingerprint density at radius 2 is 1.78 bits per heavy atom. The molecule has 0 aromatic heterocycles. The summed E-state index contributed by atoms with van der Waals surface area (Å²) in [5.74, 6) is -0.773. The average molecular weight is 648 g/mol.